The maximum absolute atomic E-state index is 13.1. The summed E-state index contributed by atoms with van der Waals surface area (Å²) in [5.41, 5.74) is 5.98. The maximum atomic E-state index is 13.1. The van der Waals surface area contributed by atoms with Gasteiger partial charge in [-0.25, -0.2) is 0 Å². The van der Waals surface area contributed by atoms with Gasteiger partial charge in [0.25, 0.3) is 11.5 Å². The maximum Gasteiger partial charge on any atom is 0.254 e. The second-order valence-corrected chi connectivity index (χ2v) is 7.13. The average molecular weight is 362 g/mol. The Morgan fingerprint density at radius 3 is 2.67 bits per heavy atom. The Morgan fingerprint density at radius 2 is 1.96 bits per heavy atom. The van der Waals surface area contributed by atoms with Crippen LogP contribution in [0.2, 0.25) is 0 Å². The van der Waals surface area contributed by atoms with Crippen LogP contribution in [0.3, 0.4) is 0 Å². The molecule has 0 fully saturated rings. The van der Waals surface area contributed by atoms with Crippen LogP contribution in [0, 0.1) is 13.8 Å². The Balaban J connectivity index is 1.67. The molecular formula is C21H22N4O2. The molecule has 1 aliphatic heterocycles. The molecule has 0 aliphatic carbocycles. The Bertz CT molecular complexity index is 1090. The number of aryl methyl sites for hydroxylation is 3. The van der Waals surface area contributed by atoms with Gasteiger partial charge in [0.2, 0.25) is 0 Å². The summed E-state index contributed by atoms with van der Waals surface area (Å²) in [6.45, 7) is 4.72. The lowest BCUT2D eigenvalue weighted by atomic mass is 9.95. The second kappa shape index (κ2) is 6.54. The van der Waals surface area contributed by atoms with E-state index in [0.717, 1.165) is 34.5 Å². The van der Waals surface area contributed by atoms with Crippen molar-refractivity contribution in [3.8, 4) is 11.3 Å². The fourth-order valence-corrected chi connectivity index (χ4v) is 3.76. The molecule has 1 aromatic carbocycles. The molecule has 0 spiro atoms. The van der Waals surface area contributed by atoms with Gasteiger partial charge < -0.3 is 9.88 Å². The molecule has 2 aromatic heterocycles. The predicted octanol–water partition coefficient (Wildman–Crippen LogP) is 2.59. The first-order valence-electron chi connectivity index (χ1n) is 9.04. The van der Waals surface area contributed by atoms with E-state index >= 15 is 0 Å². The van der Waals surface area contributed by atoms with E-state index in [-0.39, 0.29) is 11.5 Å². The number of hydrogen-bond acceptors (Lipinski definition) is 3. The molecule has 0 saturated heterocycles. The van der Waals surface area contributed by atoms with Crippen LogP contribution in [-0.2, 0) is 20.0 Å². The van der Waals surface area contributed by atoms with Gasteiger partial charge in [-0.3, -0.25) is 14.3 Å². The van der Waals surface area contributed by atoms with Crippen LogP contribution in [0.25, 0.3) is 11.3 Å². The molecule has 4 rings (SSSR count). The molecule has 27 heavy (non-hydrogen) atoms. The third kappa shape index (κ3) is 3.07. The highest BCUT2D eigenvalue weighted by molar-refractivity contribution is 5.98. The Labute approximate surface area is 157 Å². The Hall–Kier alpha value is -3.15. The summed E-state index contributed by atoms with van der Waals surface area (Å²) in [6.07, 6.45) is 2.53. The fraction of sp³-hybridized carbons (Fsp3) is 0.286. The molecule has 1 amide bonds. The normalized spacial score (nSPS) is 13.7. The van der Waals surface area contributed by atoms with Crippen LogP contribution >= 0.6 is 0 Å². The van der Waals surface area contributed by atoms with Gasteiger partial charge in [0, 0.05) is 42.2 Å². The number of nitrogens with zero attached hydrogens (tertiary/aromatic N) is 3. The summed E-state index contributed by atoms with van der Waals surface area (Å²) >= 11 is 0. The first kappa shape index (κ1) is 17.3. The molecule has 1 aliphatic rings. The van der Waals surface area contributed by atoms with E-state index in [1.807, 2.05) is 51.2 Å². The van der Waals surface area contributed by atoms with Gasteiger partial charge in [-0.2, -0.15) is 5.10 Å². The summed E-state index contributed by atoms with van der Waals surface area (Å²) in [4.78, 5) is 30.0. The van der Waals surface area contributed by atoms with Crippen LogP contribution in [-0.4, -0.2) is 32.1 Å². The number of amides is 1. The first-order valence-corrected chi connectivity index (χ1v) is 9.04. The average Bonchev–Trinajstić information content (AvgIpc) is 3.05. The van der Waals surface area contributed by atoms with Crippen molar-refractivity contribution in [3.05, 3.63) is 74.8 Å². The van der Waals surface area contributed by atoms with Crippen molar-refractivity contribution in [1.29, 1.82) is 0 Å². The molecule has 3 heterocycles. The van der Waals surface area contributed by atoms with Crippen LogP contribution in [0.15, 0.2) is 41.3 Å². The van der Waals surface area contributed by atoms with E-state index in [9.17, 15) is 9.59 Å². The lowest BCUT2D eigenvalue weighted by molar-refractivity contribution is 0.0726. The van der Waals surface area contributed by atoms with Gasteiger partial charge in [-0.15, -0.1) is 0 Å². The molecule has 138 valence electrons. The van der Waals surface area contributed by atoms with E-state index in [0.29, 0.717) is 24.2 Å². The van der Waals surface area contributed by atoms with Crippen molar-refractivity contribution < 1.29 is 4.79 Å². The monoisotopic (exact) mass is 362 g/mol. The molecule has 1 N–H and O–H groups in total. The zero-order chi connectivity index (χ0) is 19.1. The SMILES string of the molecule is Cc1cc(C)c(CN2CCc3ccc(-c4ccnn4C)cc3C2=O)c(=O)[nH]1. The predicted molar refractivity (Wildman–Crippen MR) is 104 cm³/mol. The van der Waals surface area contributed by atoms with E-state index in [1.165, 1.54) is 0 Å². The number of fused-ring (bicyclic) bond motifs is 1. The van der Waals surface area contributed by atoms with E-state index in [4.69, 9.17) is 0 Å². The third-order valence-electron chi connectivity index (χ3n) is 5.24. The lowest BCUT2D eigenvalue weighted by Crippen LogP contribution is -2.38. The van der Waals surface area contributed by atoms with Gasteiger partial charge in [0.05, 0.1) is 12.2 Å². The number of H-pyrrole nitrogens is 1. The zero-order valence-corrected chi connectivity index (χ0v) is 15.7. The number of hydrogen-bond donors (Lipinski definition) is 1. The summed E-state index contributed by atoms with van der Waals surface area (Å²) in [6, 6.07) is 9.87. The zero-order valence-electron chi connectivity index (χ0n) is 15.7. The highest BCUT2D eigenvalue weighted by atomic mass is 16.2. The number of carbonyl (C=O) groups is 1. The lowest BCUT2D eigenvalue weighted by Gasteiger charge is -2.29. The topological polar surface area (TPSA) is 71.0 Å². The van der Waals surface area contributed by atoms with E-state index < -0.39 is 0 Å². The minimum Gasteiger partial charge on any atom is -0.334 e. The van der Waals surface area contributed by atoms with Crippen molar-refractivity contribution in [2.24, 2.45) is 7.05 Å². The minimum absolute atomic E-state index is 0.0281. The van der Waals surface area contributed by atoms with Gasteiger partial charge in [0.15, 0.2) is 0 Å². The molecule has 6 nitrogen and oxygen atoms in total. The van der Waals surface area contributed by atoms with Gasteiger partial charge >= 0.3 is 0 Å². The summed E-state index contributed by atoms with van der Waals surface area (Å²) < 4.78 is 1.79. The second-order valence-electron chi connectivity index (χ2n) is 7.13. The minimum atomic E-state index is -0.116. The molecule has 0 unspecified atom stereocenters. The standard InChI is InChI=1S/C21H22N4O2/c1-13-10-14(2)23-20(26)18(13)12-25-9-7-15-4-5-16(11-17(15)21(25)27)19-6-8-22-24(19)3/h4-6,8,10-11H,7,9,12H2,1-3H3,(H,23,26). The quantitative estimate of drug-likeness (QED) is 0.778. The van der Waals surface area contributed by atoms with Crippen molar-refractivity contribution in [3.63, 3.8) is 0 Å². The van der Waals surface area contributed by atoms with Crippen LogP contribution in [0.5, 0.6) is 0 Å². The van der Waals surface area contributed by atoms with Crippen LogP contribution in [0.1, 0.15) is 32.7 Å². The van der Waals surface area contributed by atoms with Crippen molar-refractivity contribution in [2.45, 2.75) is 26.8 Å². The smallest absolute Gasteiger partial charge is 0.254 e. The molecule has 3 aromatic rings. The summed E-state index contributed by atoms with van der Waals surface area (Å²) in [5, 5.41) is 4.20. The number of pyridine rings is 1. The summed E-state index contributed by atoms with van der Waals surface area (Å²) in [7, 11) is 1.88. The number of carbonyl (C=O) groups excluding carboxylic acids is 1. The number of aromatic nitrogens is 3. The Kier molecular flexibility index (Phi) is 4.18. The summed E-state index contributed by atoms with van der Waals surface area (Å²) in [5.74, 6) is -0.0281. The van der Waals surface area contributed by atoms with E-state index in [1.54, 1.807) is 15.8 Å². The highest BCUT2D eigenvalue weighted by Gasteiger charge is 2.26. The Morgan fingerprint density at radius 1 is 1.15 bits per heavy atom. The molecule has 6 heteroatoms. The number of aromatic amines is 1. The molecule has 0 saturated carbocycles. The molecule has 0 atom stereocenters. The number of benzene rings is 1. The highest BCUT2D eigenvalue weighted by Crippen LogP contribution is 2.26. The van der Waals surface area contributed by atoms with Gasteiger partial charge in [0.1, 0.15) is 0 Å². The van der Waals surface area contributed by atoms with Crippen molar-refractivity contribution >= 4 is 5.91 Å². The molecular weight excluding hydrogens is 340 g/mol. The first-order chi connectivity index (χ1) is 12.9. The number of nitrogens with one attached hydrogen (secondary N) is 1. The largest absolute Gasteiger partial charge is 0.334 e. The number of rotatable bonds is 3. The van der Waals surface area contributed by atoms with Gasteiger partial charge in [-0.05, 0) is 49.6 Å². The molecule has 0 radical (unpaired) electrons. The molecule has 0 bridgehead atoms. The van der Waals surface area contributed by atoms with Gasteiger partial charge in [-0.1, -0.05) is 12.1 Å². The van der Waals surface area contributed by atoms with Crippen LogP contribution in [0.4, 0.5) is 0 Å². The van der Waals surface area contributed by atoms with Crippen molar-refractivity contribution in [1.82, 2.24) is 19.7 Å². The van der Waals surface area contributed by atoms with Crippen molar-refractivity contribution in [2.75, 3.05) is 6.54 Å². The third-order valence-corrected chi connectivity index (χ3v) is 5.24. The fourth-order valence-electron chi connectivity index (χ4n) is 3.76. The van der Waals surface area contributed by atoms with Crippen LogP contribution < -0.4 is 5.56 Å². The van der Waals surface area contributed by atoms with E-state index in [2.05, 4.69) is 10.1 Å².